The second-order valence-electron chi connectivity index (χ2n) is 6.43. The number of hydrogen-bond donors (Lipinski definition) is 1. The van der Waals surface area contributed by atoms with E-state index in [1.807, 2.05) is 67.6 Å². The summed E-state index contributed by atoms with van der Waals surface area (Å²) in [4.78, 5) is 16.9. The molecular formula is C21H20N2O2S. The first-order valence-electron chi connectivity index (χ1n) is 8.79. The zero-order chi connectivity index (χ0) is 17.9. The van der Waals surface area contributed by atoms with E-state index in [4.69, 9.17) is 9.40 Å². The summed E-state index contributed by atoms with van der Waals surface area (Å²) in [5.74, 6) is 0.771. The first kappa shape index (κ1) is 16.9. The Morgan fingerprint density at radius 1 is 1.08 bits per heavy atom. The molecule has 0 radical (unpaired) electrons. The Labute approximate surface area is 157 Å². The molecule has 0 aliphatic heterocycles. The molecule has 132 valence electrons. The van der Waals surface area contributed by atoms with Crippen LogP contribution in [0.25, 0.3) is 22.6 Å². The number of hydrogen-bond acceptors (Lipinski definition) is 4. The van der Waals surface area contributed by atoms with Crippen molar-refractivity contribution in [2.45, 2.75) is 36.3 Å². The number of amides is 1. The summed E-state index contributed by atoms with van der Waals surface area (Å²) in [6.07, 6.45) is 2.16. The molecule has 1 aliphatic carbocycles. The highest BCUT2D eigenvalue weighted by molar-refractivity contribution is 8.00. The maximum atomic E-state index is 12.2. The molecule has 4 nitrogen and oxygen atoms in total. The van der Waals surface area contributed by atoms with Crippen LogP contribution in [-0.4, -0.2) is 22.2 Å². The van der Waals surface area contributed by atoms with Gasteiger partial charge in [-0.05, 0) is 19.8 Å². The summed E-state index contributed by atoms with van der Waals surface area (Å²) in [6, 6.07) is 20.3. The molecule has 1 aliphatic rings. The highest BCUT2D eigenvalue weighted by atomic mass is 32.2. The molecule has 1 saturated carbocycles. The van der Waals surface area contributed by atoms with Gasteiger partial charge in [-0.15, -0.1) is 0 Å². The van der Waals surface area contributed by atoms with Gasteiger partial charge in [0.05, 0.1) is 5.25 Å². The molecule has 1 atom stereocenters. The van der Waals surface area contributed by atoms with Crippen molar-refractivity contribution in [3.63, 3.8) is 0 Å². The van der Waals surface area contributed by atoms with Crippen molar-refractivity contribution in [1.82, 2.24) is 10.3 Å². The lowest BCUT2D eigenvalue weighted by atomic mass is 10.1. The molecule has 5 heteroatoms. The Hall–Kier alpha value is -2.53. The lowest BCUT2D eigenvalue weighted by molar-refractivity contribution is -0.120. The number of oxazole rings is 1. The largest absolute Gasteiger partial charge is 0.431 e. The van der Waals surface area contributed by atoms with Gasteiger partial charge in [-0.1, -0.05) is 72.4 Å². The minimum atomic E-state index is -0.249. The number of nitrogens with zero attached hydrogens (tertiary/aromatic N) is 1. The molecule has 0 spiro atoms. The Morgan fingerprint density at radius 3 is 2.31 bits per heavy atom. The van der Waals surface area contributed by atoms with Crippen molar-refractivity contribution in [1.29, 1.82) is 0 Å². The Balaban J connectivity index is 1.63. The smallest absolute Gasteiger partial charge is 0.257 e. The minimum Gasteiger partial charge on any atom is -0.431 e. The monoisotopic (exact) mass is 364 g/mol. The Morgan fingerprint density at radius 2 is 1.69 bits per heavy atom. The van der Waals surface area contributed by atoms with E-state index < -0.39 is 0 Å². The lowest BCUT2D eigenvalue weighted by Crippen LogP contribution is -2.32. The highest BCUT2D eigenvalue weighted by Gasteiger charge is 2.27. The van der Waals surface area contributed by atoms with Gasteiger partial charge in [-0.2, -0.15) is 0 Å². The van der Waals surface area contributed by atoms with Crippen LogP contribution in [0.2, 0.25) is 0 Å². The molecule has 2 aromatic carbocycles. The number of nitrogens with one attached hydrogen (secondary N) is 1. The zero-order valence-electron chi connectivity index (χ0n) is 14.5. The highest BCUT2D eigenvalue weighted by Crippen LogP contribution is 2.36. The fraction of sp³-hybridized carbons (Fsp3) is 0.238. The third-order valence-corrected chi connectivity index (χ3v) is 5.21. The lowest BCUT2D eigenvalue weighted by Gasteiger charge is -2.08. The third kappa shape index (κ3) is 3.83. The molecule has 1 fully saturated rings. The third-order valence-electron chi connectivity index (χ3n) is 4.26. The van der Waals surface area contributed by atoms with Crippen LogP contribution in [0.1, 0.15) is 19.8 Å². The number of carbonyl (C=O) groups excluding carboxylic acids is 1. The fourth-order valence-corrected chi connectivity index (χ4v) is 3.43. The van der Waals surface area contributed by atoms with Crippen molar-refractivity contribution in [3.8, 4) is 22.6 Å². The van der Waals surface area contributed by atoms with Crippen molar-refractivity contribution in [2.24, 2.45) is 0 Å². The van der Waals surface area contributed by atoms with Gasteiger partial charge in [0.15, 0.2) is 5.76 Å². The van der Waals surface area contributed by atoms with E-state index in [9.17, 15) is 4.79 Å². The molecule has 4 rings (SSSR count). The second kappa shape index (κ2) is 7.38. The molecule has 1 amide bonds. The van der Waals surface area contributed by atoms with Crippen molar-refractivity contribution in [2.75, 3.05) is 0 Å². The van der Waals surface area contributed by atoms with Crippen LogP contribution in [0.5, 0.6) is 0 Å². The summed E-state index contributed by atoms with van der Waals surface area (Å²) < 4.78 is 6.07. The predicted molar refractivity (Wildman–Crippen MR) is 104 cm³/mol. The van der Waals surface area contributed by atoms with Crippen LogP contribution in [0.3, 0.4) is 0 Å². The van der Waals surface area contributed by atoms with E-state index in [2.05, 4.69) is 5.32 Å². The number of benzene rings is 2. The van der Waals surface area contributed by atoms with Crippen molar-refractivity contribution in [3.05, 3.63) is 60.7 Å². The van der Waals surface area contributed by atoms with Gasteiger partial charge in [-0.3, -0.25) is 4.79 Å². The van der Waals surface area contributed by atoms with Gasteiger partial charge in [-0.25, -0.2) is 4.98 Å². The summed E-state index contributed by atoms with van der Waals surface area (Å²) in [5, 5.41) is 3.30. The number of aromatic nitrogens is 1. The standard InChI is InChI=1S/C21H20N2O2S/c1-14(20(24)22-17-12-13-17)26-21-23-18(15-8-4-2-5-9-15)19(25-21)16-10-6-3-7-11-16/h2-11,14,17H,12-13H2,1H3,(H,22,24)/t14-/m1/s1. The molecule has 0 bridgehead atoms. The molecular weight excluding hydrogens is 344 g/mol. The molecule has 0 saturated heterocycles. The zero-order valence-corrected chi connectivity index (χ0v) is 15.3. The van der Waals surface area contributed by atoms with Crippen molar-refractivity contribution >= 4 is 17.7 Å². The van der Waals surface area contributed by atoms with E-state index in [-0.39, 0.29) is 11.2 Å². The Bertz CT molecular complexity index is 832. The quantitative estimate of drug-likeness (QED) is 0.640. The van der Waals surface area contributed by atoms with E-state index in [1.165, 1.54) is 11.8 Å². The molecule has 1 aromatic heterocycles. The summed E-state index contributed by atoms with van der Waals surface area (Å²) >= 11 is 1.36. The molecule has 3 aromatic rings. The number of carbonyl (C=O) groups is 1. The maximum Gasteiger partial charge on any atom is 0.257 e. The van der Waals surface area contributed by atoms with Gasteiger partial charge >= 0.3 is 0 Å². The SMILES string of the molecule is C[C@@H](Sc1nc(-c2ccccc2)c(-c2ccccc2)o1)C(=O)NC1CC1. The van der Waals surface area contributed by atoms with E-state index in [0.29, 0.717) is 11.3 Å². The predicted octanol–water partition coefficient (Wildman–Crippen LogP) is 4.77. The maximum absolute atomic E-state index is 12.2. The second-order valence-corrected chi connectivity index (χ2v) is 7.72. The van der Waals surface area contributed by atoms with Gasteiger partial charge < -0.3 is 9.73 Å². The minimum absolute atomic E-state index is 0.0400. The summed E-state index contributed by atoms with van der Waals surface area (Å²) in [7, 11) is 0. The van der Waals surface area contributed by atoms with Crippen LogP contribution >= 0.6 is 11.8 Å². The summed E-state index contributed by atoms with van der Waals surface area (Å²) in [6.45, 7) is 1.89. The topological polar surface area (TPSA) is 55.1 Å². The van der Waals surface area contributed by atoms with Crippen LogP contribution < -0.4 is 5.32 Å². The van der Waals surface area contributed by atoms with Gasteiger partial charge in [0.2, 0.25) is 5.91 Å². The van der Waals surface area contributed by atoms with E-state index in [0.717, 1.165) is 35.4 Å². The fourth-order valence-electron chi connectivity index (χ4n) is 2.68. The molecule has 1 heterocycles. The van der Waals surface area contributed by atoms with Gasteiger partial charge in [0.1, 0.15) is 5.69 Å². The molecule has 0 unspecified atom stereocenters. The number of rotatable bonds is 6. The average Bonchev–Trinajstić information content (AvgIpc) is 3.39. The van der Waals surface area contributed by atoms with Crippen LogP contribution in [-0.2, 0) is 4.79 Å². The normalized spacial score (nSPS) is 14.8. The van der Waals surface area contributed by atoms with Crippen LogP contribution in [0, 0.1) is 0 Å². The number of thioether (sulfide) groups is 1. The first-order valence-corrected chi connectivity index (χ1v) is 9.67. The van der Waals surface area contributed by atoms with Gasteiger partial charge in [0.25, 0.3) is 5.22 Å². The summed E-state index contributed by atoms with van der Waals surface area (Å²) in [5.41, 5.74) is 2.77. The molecule has 1 N–H and O–H groups in total. The van der Waals surface area contributed by atoms with Crippen LogP contribution in [0.15, 0.2) is 70.3 Å². The first-order chi connectivity index (χ1) is 12.7. The Kier molecular flexibility index (Phi) is 4.80. The van der Waals surface area contributed by atoms with Crippen molar-refractivity contribution < 1.29 is 9.21 Å². The van der Waals surface area contributed by atoms with E-state index >= 15 is 0 Å². The van der Waals surface area contributed by atoms with E-state index in [1.54, 1.807) is 0 Å². The van der Waals surface area contributed by atoms with Gasteiger partial charge in [0, 0.05) is 17.2 Å². The molecule has 26 heavy (non-hydrogen) atoms. The van der Waals surface area contributed by atoms with Crippen LogP contribution in [0.4, 0.5) is 0 Å². The average molecular weight is 364 g/mol.